The summed E-state index contributed by atoms with van der Waals surface area (Å²) in [5.74, 6) is -1.93. The van der Waals surface area contributed by atoms with Crippen LogP contribution in [0.5, 0.6) is 11.5 Å². The van der Waals surface area contributed by atoms with E-state index in [1.54, 1.807) is 36.4 Å². The Labute approximate surface area is 164 Å². The van der Waals surface area contributed by atoms with Crippen molar-refractivity contribution >= 4 is 11.9 Å². The molecule has 0 aliphatic heterocycles. The minimum absolute atomic E-state index is 0.0770. The second-order valence-corrected chi connectivity index (χ2v) is 5.98. The van der Waals surface area contributed by atoms with Crippen LogP contribution in [-0.4, -0.2) is 39.0 Å². The van der Waals surface area contributed by atoms with Gasteiger partial charge in [0, 0.05) is 12.6 Å². The number of hydrogen-bond donors (Lipinski definition) is 3. The fourth-order valence-corrected chi connectivity index (χ4v) is 2.62. The fourth-order valence-electron chi connectivity index (χ4n) is 2.62. The van der Waals surface area contributed by atoms with Crippen LogP contribution in [0.15, 0.2) is 59.4 Å². The summed E-state index contributed by atoms with van der Waals surface area (Å²) in [5.41, 5.74) is 0.132. The smallest absolute Gasteiger partial charge is 0.335 e. The molecule has 0 aliphatic carbocycles. The Balaban J connectivity index is 1.85. The van der Waals surface area contributed by atoms with E-state index < -0.39 is 23.2 Å². The van der Waals surface area contributed by atoms with Gasteiger partial charge in [-0.1, -0.05) is 24.3 Å². The molecule has 3 aromatic rings. The van der Waals surface area contributed by atoms with E-state index in [0.29, 0.717) is 17.0 Å². The second-order valence-electron chi connectivity index (χ2n) is 5.98. The molecule has 0 spiro atoms. The van der Waals surface area contributed by atoms with Crippen LogP contribution in [0.3, 0.4) is 0 Å². The number of methoxy groups -OCH3 is 1. The molecule has 0 aliphatic rings. The van der Waals surface area contributed by atoms with Gasteiger partial charge < -0.3 is 20.3 Å². The zero-order chi connectivity index (χ0) is 21.0. The van der Waals surface area contributed by atoms with Crippen molar-refractivity contribution in [3.8, 4) is 17.2 Å². The van der Waals surface area contributed by atoms with Gasteiger partial charge in [0.1, 0.15) is 11.4 Å². The normalized spacial score (nSPS) is 10.4. The molecule has 2 aromatic carbocycles. The lowest BCUT2D eigenvalue weighted by Crippen LogP contribution is -2.29. The van der Waals surface area contributed by atoms with Gasteiger partial charge in [0.05, 0.1) is 12.7 Å². The van der Waals surface area contributed by atoms with E-state index in [0.717, 1.165) is 10.7 Å². The summed E-state index contributed by atoms with van der Waals surface area (Å²) in [5, 5.41) is 25.5. The van der Waals surface area contributed by atoms with Crippen molar-refractivity contribution in [2.45, 2.75) is 6.54 Å². The van der Waals surface area contributed by atoms with Crippen molar-refractivity contribution in [3.63, 3.8) is 0 Å². The Morgan fingerprint density at radius 1 is 1.14 bits per heavy atom. The first kappa shape index (κ1) is 19.6. The monoisotopic (exact) mass is 395 g/mol. The van der Waals surface area contributed by atoms with Crippen molar-refractivity contribution in [1.82, 2.24) is 15.1 Å². The van der Waals surface area contributed by atoms with Crippen molar-refractivity contribution in [2.24, 2.45) is 0 Å². The third-order valence-corrected chi connectivity index (χ3v) is 4.09. The van der Waals surface area contributed by atoms with Crippen LogP contribution in [0.25, 0.3) is 5.69 Å². The SMILES string of the molecule is COc1ccccc1-n1nc(C(=O)NCc2ccc(C(=O)O)cc2)c(O)cc1=O. The molecule has 0 unspecified atom stereocenters. The molecular formula is C20H17N3O6. The molecule has 3 N–H and O–H groups in total. The van der Waals surface area contributed by atoms with E-state index in [-0.39, 0.29) is 17.8 Å². The molecule has 0 saturated carbocycles. The van der Waals surface area contributed by atoms with Crippen LogP contribution in [0.1, 0.15) is 26.4 Å². The number of ether oxygens (including phenoxy) is 1. The molecule has 9 heteroatoms. The van der Waals surface area contributed by atoms with Gasteiger partial charge in [-0.3, -0.25) is 9.59 Å². The highest BCUT2D eigenvalue weighted by Crippen LogP contribution is 2.21. The molecule has 29 heavy (non-hydrogen) atoms. The van der Waals surface area contributed by atoms with E-state index >= 15 is 0 Å². The number of benzene rings is 2. The summed E-state index contributed by atoms with van der Waals surface area (Å²) in [4.78, 5) is 35.6. The maximum Gasteiger partial charge on any atom is 0.335 e. The molecule has 0 radical (unpaired) electrons. The van der Waals surface area contributed by atoms with Crippen molar-refractivity contribution in [3.05, 3.63) is 81.8 Å². The largest absolute Gasteiger partial charge is 0.505 e. The highest BCUT2D eigenvalue weighted by molar-refractivity contribution is 5.94. The molecular weight excluding hydrogens is 378 g/mol. The second kappa shape index (κ2) is 8.26. The van der Waals surface area contributed by atoms with Crippen LogP contribution in [0.4, 0.5) is 0 Å². The number of aromatic carboxylic acids is 1. The minimum Gasteiger partial charge on any atom is -0.505 e. The Morgan fingerprint density at radius 2 is 1.83 bits per heavy atom. The number of carbonyl (C=O) groups is 2. The lowest BCUT2D eigenvalue weighted by molar-refractivity contribution is 0.0696. The average molecular weight is 395 g/mol. The number of carboxylic acids is 1. The zero-order valence-corrected chi connectivity index (χ0v) is 15.3. The van der Waals surface area contributed by atoms with E-state index in [1.807, 2.05) is 0 Å². The van der Waals surface area contributed by atoms with Gasteiger partial charge in [-0.05, 0) is 29.8 Å². The van der Waals surface area contributed by atoms with Gasteiger partial charge in [0.15, 0.2) is 11.4 Å². The highest BCUT2D eigenvalue weighted by atomic mass is 16.5. The summed E-state index contributed by atoms with van der Waals surface area (Å²) in [6.07, 6.45) is 0. The number of carbonyl (C=O) groups excluding carboxylic acids is 1. The quantitative estimate of drug-likeness (QED) is 0.577. The molecule has 0 saturated heterocycles. The van der Waals surface area contributed by atoms with E-state index in [9.17, 15) is 19.5 Å². The first-order valence-corrected chi connectivity index (χ1v) is 8.48. The van der Waals surface area contributed by atoms with E-state index in [1.165, 1.54) is 19.2 Å². The van der Waals surface area contributed by atoms with Gasteiger partial charge in [-0.15, -0.1) is 0 Å². The first-order valence-electron chi connectivity index (χ1n) is 8.48. The number of nitrogens with one attached hydrogen (secondary N) is 1. The maximum absolute atomic E-state index is 12.5. The summed E-state index contributed by atoms with van der Waals surface area (Å²) in [6.45, 7) is 0.0770. The zero-order valence-electron chi connectivity index (χ0n) is 15.3. The molecule has 0 fully saturated rings. The number of hydrogen-bond acceptors (Lipinski definition) is 6. The molecule has 3 rings (SSSR count). The fraction of sp³-hybridized carbons (Fsp3) is 0.100. The average Bonchev–Trinajstić information content (AvgIpc) is 2.72. The van der Waals surface area contributed by atoms with Gasteiger partial charge >= 0.3 is 5.97 Å². The molecule has 148 valence electrons. The molecule has 9 nitrogen and oxygen atoms in total. The van der Waals surface area contributed by atoms with Crippen LogP contribution in [0.2, 0.25) is 0 Å². The lowest BCUT2D eigenvalue weighted by atomic mass is 10.1. The Bertz CT molecular complexity index is 1120. The van der Waals surface area contributed by atoms with Crippen LogP contribution in [-0.2, 0) is 6.54 Å². The lowest BCUT2D eigenvalue weighted by Gasteiger charge is -2.12. The maximum atomic E-state index is 12.5. The predicted octanol–water partition coefficient (Wildman–Crippen LogP) is 1.57. The highest BCUT2D eigenvalue weighted by Gasteiger charge is 2.18. The van der Waals surface area contributed by atoms with Crippen molar-refractivity contribution < 1.29 is 24.5 Å². The Kier molecular flexibility index (Phi) is 5.59. The summed E-state index contributed by atoms with van der Waals surface area (Å²) >= 11 is 0. The Morgan fingerprint density at radius 3 is 2.48 bits per heavy atom. The summed E-state index contributed by atoms with van der Waals surface area (Å²) in [7, 11) is 1.44. The number of rotatable bonds is 6. The van der Waals surface area contributed by atoms with Crippen molar-refractivity contribution in [2.75, 3.05) is 7.11 Å². The molecule has 1 aromatic heterocycles. The number of carboxylic acid groups (broad SMARTS) is 1. The third-order valence-electron chi connectivity index (χ3n) is 4.09. The number of aromatic nitrogens is 2. The minimum atomic E-state index is -1.05. The van der Waals surface area contributed by atoms with Crippen LogP contribution >= 0.6 is 0 Å². The van der Waals surface area contributed by atoms with Crippen LogP contribution < -0.4 is 15.6 Å². The van der Waals surface area contributed by atoms with E-state index in [4.69, 9.17) is 9.84 Å². The van der Waals surface area contributed by atoms with E-state index in [2.05, 4.69) is 10.4 Å². The number of nitrogens with zero attached hydrogens (tertiary/aromatic N) is 2. The Hall–Kier alpha value is -4.14. The van der Waals surface area contributed by atoms with Gasteiger partial charge in [0.2, 0.25) is 0 Å². The summed E-state index contributed by atoms with van der Waals surface area (Å²) in [6, 6.07) is 13.5. The first-order chi connectivity index (χ1) is 13.9. The van der Waals surface area contributed by atoms with Gasteiger partial charge in [0.25, 0.3) is 11.5 Å². The number of para-hydroxylation sites is 2. The predicted molar refractivity (Wildman–Crippen MR) is 103 cm³/mol. The van der Waals surface area contributed by atoms with Crippen molar-refractivity contribution in [1.29, 1.82) is 0 Å². The van der Waals surface area contributed by atoms with Gasteiger partial charge in [-0.2, -0.15) is 9.78 Å². The molecule has 0 atom stereocenters. The van der Waals surface area contributed by atoms with Crippen LogP contribution in [0, 0.1) is 0 Å². The molecule has 0 bridgehead atoms. The molecule has 1 heterocycles. The third kappa shape index (κ3) is 4.24. The topological polar surface area (TPSA) is 131 Å². The van der Waals surface area contributed by atoms with Gasteiger partial charge in [-0.25, -0.2) is 4.79 Å². The number of amides is 1. The summed E-state index contributed by atoms with van der Waals surface area (Å²) < 4.78 is 6.18. The number of aromatic hydroxyl groups is 1. The standard InChI is InChI=1S/C20H17N3O6/c1-29-16-5-3-2-4-14(16)23-17(25)10-15(24)18(22-23)19(26)21-11-12-6-8-13(9-7-12)20(27)28/h2-10,24H,11H2,1H3,(H,21,26)(H,27,28). The molecule has 1 amide bonds.